The van der Waals surface area contributed by atoms with Crippen molar-refractivity contribution in [2.75, 3.05) is 6.54 Å². The van der Waals surface area contributed by atoms with Gasteiger partial charge in [-0.25, -0.2) is 0 Å². The average molecular weight is 317 g/mol. The first-order valence-corrected chi connectivity index (χ1v) is 8.22. The second-order valence-electron chi connectivity index (χ2n) is 6.45. The van der Waals surface area contributed by atoms with E-state index in [0.29, 0.717) is 24.0 Å². The Morgan fingerprint density at radius 2 is 2.22 bits per heavy atom. The van der Waals surface area contributed by atoms with Crippen molar-refractivity contribution in [1.29, 1.82) is 0 Å². The van der Waals surface area contributed by atoms with Gasteiger partial charge in [0.2, 0.25) is 5.89 Å². The minimum Gasteiger partial charge on any atom is -0.339 e. The smallest absolute Gasteiger partial charge is 0.274 e. The molecule has 7 heteroatoms. The third kappa shape index (κ3) is 3.28. The Balaban J connectivity index is 1.89. The van der Waals surface area contributed by atoms with Crippen LogP contribution in [0, 0.1) is 6.92 Å². The number of likely N-dealkylation sites (tertiary alicyclic amines) is 1. The molecule has 0 aliphatic carbocycles. The quantitative estimate of drug-likeness (QED) is 0.940. The normalized spacial score (nSPS) is 19.1. The first-order chi connectivity index (χ1) is 11.1. The minimum absolute atomic E-state index is 0.0721. The fourth-order valence-electron chi connectivity index (χ4n) is 2.91. The molecular formula is C16H23N5O2. The van der Waals surface area contributed by atoms with Crippen molar-refractivity contribution in [2.45, 2.75) is 58.4 Å². The van der Waals surface area contributed by atoms with Crippen molar-refractivity contribution in [1.82, 2.24) is 25.2 Å². The number of rotatable bonds is 3. The summed E-state index contributed by atoms with van der Waals surface area (Å²) >= 11 is 0. The number of carbonyl (C=O) groups is 1. The molecule has 1 fully saturated rings. The topological polar surface area (TPSA) is 87.9 Å². The standard InChI is InChI=1S/C16H23N5O2/c1-10(2)15-17-14(20-23-15)13-7-5-4-6-8-21(13)16(22)12-9-11(3)18-19-12/h9-10,13H,4-8H2,1-3H3,(H,18,19)/t13-/m0/s1. The molecule has 0 saturated carbocycles. The van der Waals surface area contributed by atoms with E-state index in [1.54, 1.807) is 6.07 Å². The summed E-state index contributed by atoms with van der Waals surface area (Å²) < 4.78 is 5.34. The molecule has 1 N–H and O–H groups in total. The Morgan fingerprint density at radius 1 is 1.39 bits per heavy atom. The van der Waals surface area contributed by atoms with Gasteiger partial charge in [0.25, 0.3) is 5.91 Å². The van der Waals surface area contributed by atoms with Crippen LogP contribution in [0.4, 0.5) is 0 Å². The van der Waals surface area contributed by atoms with Crippen LogP contribution in [-0.2, 0) is 0 Å². The average Bonchev–Trinajstić information content (AvgIpc) is 3.10. The molecule has 3 heterocycles. The van der Waals surface area contributed by atoms with E-state index >= 15 is 0 Å². The van der Waals surface area contributed by atoms with E-state index in [9.17, 15) is 4.79 Å². The van der Waals surface area contributed by atoms with Crippen LogP contribution in [0.5, 0.6) is 0 Å². The lowest BCUT2D eigenvalue weighted by molar-refractivity contribution is 0.0664. The maximum absolute atomic E-state index is 12.8. The van der Waals surface area contributed by atoms with E-state index in [4.69, 9.17) is 4.52 Å². The Labute approximate surface area is 135 Å². The van der Waals surface area contributed by atoms with Crippen LogP contribution < -0.4 is 0 Å². The molecule has 2 aromatic rings. The number of H-pyrrole nitrogens is 1. The predicted molar refractivity (Wildman–Crippen MR) is 84.0 cm³/mol. The molecule has 1 atom stereocenters. The second kappa shape index (κ2) is 6.52. The van der Waals surface area contributed by atoms with E-state index < -0.39 is 0 Å². The highest BCUT2D eigenvalue weighted by Crippen LogP contribution is 2.30. The zero-order valence-electron chi connectivity index (χ0n) is 13.9. The Bertz CT molecular complexity index is 676. The molecule has 3 rings (SSSR count). The molecule has 1 aliphatic rings. The van der Waals surface area contributed by atoms with E-state index in [2.05, 4.69) is 20.3 Å². The predicted octanol–water partition coefficient (Wildman–Crippen LogP) is 2.98. The SMILES string of the molecule is Cc1cc(C(=O)N2CCCCC[C@H]2c2noc(C(C)C)n2)n[nH]1. The van der Waals surface area contributed by atoms with E-state index in [1.807, 2.05) is 25.7 Å². The number of nitrogens with zero attached hydrogens (tertiary/aromatic N) is 4. The maximum Gasteiger partial charge on any atom is 0.274 e. The lowest BCUT2D eigenvalue weighted by atomic mass is 10.1. The molecule has 124 valence electrons. The van der Waals surface area contributed by atoms with Gasteiger partial charge in [-0.05, 0) is 25.8 Å². The van der Waals surface area contributed by atoms with Crippen LogP contribution in [-0.4, -0.2) is 37.7 Å². The molecule has 0 bridgehead atoms. The van der Waals surface area contributed by atoms with Crippen LogP contribution in [0.25, 0.3) is 0 Å². The van der Waals surface area contributed by atoms with Crippen molar-refractivity contribution in [2.24, 2.45) is 0 Å². The molecule has 7 nitrogen and oxygen atoms in total. The van der Waals surface area contributed by atoms with Crippen LogP contribution in [0.1, 0.15) is 79.4 Å². The molecule has 1 saturated heterocycles. The van der Waals surface area contributed by atoms with Gasteiger partial charge in [-0.2, -0.15) is 10.1 Å². The third-order valence-corrected chi connectivity index (χ3v) is 4.19. The first-order valence-electron chi connectivity index (χ1n) is 8.22. The number of aryl methyl sites for hydroxylation is 1. The van der Waals surface area contributed by atoms with Crippen molar-refractivity contribution in [3.8, 4) is 0 Å². The third-order valence-electron chi connectivity index (χ3n) is 4.19. The van der Waals surface area contributed by atoms with Crippen LogP contribution >= 0.6 is 0 Å². The van der Waals surface area contributed by atoms with Crippen LogP contribution in [0.2, 0.25) is 0 Å². The monoisotopic (exact) mass is 317 g/mol. The molecule has 0 radical (unpaired) electrons. The van der Waals surface area contributed by atoms with Crippen LogP contribution in [0.15, 0.2) is 10.6 Å². The van der Waals surface area contributed by atoms with Gasteiger partial charge < -0.3 is 9.42 Å². The molecule has 1 aliphatic heterocycles. The lowest BCUT2D eigenvalue weighted by Gasteiger charge is -2.27. The Hall–Kier alpha value is -2.18. The number of aromatic amines is 1. The molecule has 0 aromatic carbocycles. The van der Waals surface area contributed by atoms with Crippen molar-refractivity contribution in [3.63, 3.8) is 0 Å². The first kappa shape index (κ1) is 15.7. The number of amides is 1. The Kier molecular flexibility index (Phi) is 4.45. The van der Waals surface area contributed by atoms with Crippen molar-refractivity contribution < 1.29 is 9.32 Å². The van der Waals surface area contributed by atoms with Crippen molar-refractivity contribution in [3.05, 3.63) is 29.2 Å². The summed E-state index contributed by atoms with van der Waals surface area (Å²) in [6, 6.07) is 1.64. The molecule has 2 aromatic heterocycles. The zero-order valence-corrected chi connectivity index (χ0v) is 13.9. The van der Waals surface area contributed by atoms with E-state index in [1.165, 1.54) is 0 Å². The number of carbonyl (C=O) groups excluding carboxylic acids is 1. The van der Waals surface area contributed by atoms with E-state index in [-0.39, 0.29) is 17.9 Å². The van der Waals surface area contributed by atoms with Gasteiger partial charge in [0.15, 0.2) is 5.82 Å². The van der Waals surface area contributed by atoms with Gasteiger partial charge in [0.05, 0.1) is 6.04 Å². The summed E-state index contributed by atoms with van der Waals surface area (Å²) in [5, 5.41) is 11.1. The second-order valence-corrected chi connectivity index (χ2v) is 6.45. The van der Waals surface area contributed by atoms with Gasteiger partial charge in [-0.1, -0.05) is 31.8 Å². The van der Waals surface area contributed by atoms with Crippen LogP contribution in [0.3, 0.4) is 0 Å². The van der Waals surface area contributed by atoms with Gasteiger partial charge in [-0.15, -0.1) is 0 Å². The summed E-state index contributed by atoms with van der Waals surface area (Å²) in [5.74, 6) is 1.33. The summed E-state index contributed by atoms with van der Waals surface area (Å²) in [6.45, 7) is 6.61. The van der Waals surface area contributed by atoms with E-state index in [0.717, 1.165) is 31.4 Å². The largest absolute Gasteiger partial charge is 0.339 e. The highest BCUT2D eigenvalue weighted by molar-refractivity contribution is 5.92. The zero-order chi connectivity index (χ0) is 16.4. The van der Waals surface area contributed by atoms with Crippen molar-refractivity contribution >= 4 is 5.91 Å². The van der Waals surface area contributed by atoms with Gasteiger partial charge in [-0.3, -0.25) is 9.89 Å². The van der Waals surface area contributed by atoms with Gasteiger partial charge in [0.1, 0.15) is 5.69 Å². The molecule has 0 spiro atoms. The lowest BCUT2D eigenvalue weighted by Crippen LogP contribution is -2.35. The number of hydrogen-bond acceptors (Lipinski definition) is 5. The fourth-order valence-corrected chi connectivity index (χ4v) is 2.91. The number of nitrogens with one attached hydrogen (secondary N) is 1. The highest BCUT2D eigenvalue weighted by atomic mass is 16.5. The summed E-state index contributed by atoms with van der Waals surface area (Å²) in [6.07, 6.45) is 4.00. The number of hydrogen-bond donors (Lipinski definition) is 1. The fraction of sp³-hybridized carbons (Fsp3) is 0.625. The van der Waals surface area contributed by atoms with Gasteiger partial charge in [0, 0.05) is 18.2 Å². The Morgan fingerprint density at radius 3 is 2.87 bits per heavy atom. The highest BCUT2D eigenvalue weighted by Gasteiger charge is 2.32. The number of aromatic nitrogens is 4. The summed E-state index contributed by atoms with van der Waals surface area (Å²) in [4.78, 5) is 19.2. The molecule has 0 unspecified atom stereocenters. The minimum atomic E-state index is -0.141. The summed E-state index contributed by atoms with van der Waals surface area (Å²) in [7, 11) is 0. The summed E-state index contributed by atoms with van der Waals surface area (Å²) in [5.41, 5.74) is 1.32. The van der Waals surface area contributed by atoms with Gasteiger partial charge >= 0.3 is 0 Å². The molecule has 1 amide bonds. The molecular weight excluding hydrogens is 294 g/mol. The molecule has 23 heavy (non-hydrogen) atoms. The maximum atomic E-state index is 12.8.